The number of aromatic nitrogens is 1. The van der Waals surface area contributed by atoms with E-state index in [1.807, 2.05) is 79.8 Å². The molecular weight excluding hydrogens is 492 g/mol. The van der Waals surface area contributed by atoms with E-state index in [2.05, 4.69) is 15.7 Å². The SMILES string of the molecule is CN(C)NC(=O)C1(Cc2ccccc2)CCN([C@H](O)[C@@H](Cc2c[nH]c3ccccc23)NC(=O)C(C)(C)N)CC1. The Morgan fingerprint density at radius 1 is 1.10 bits per heavy atom. The number of rotatable bonds is 10. The third-order valence-electron chi connectivity index (χ3n) is 7.70. The molecule has 39 heavy (non-hydrogen) atoms. The van der Waals surface area contributed by atoms with Crippen LogP contribution in [0.25, 0.3) is 10.9 Å². The third kappa shape index (κ3) is 6.86. The Hall–Kier alpha value is -3.24. The number of aliphatic hydroxyl groups excluding tert-OH is 1. The lowest BCUT2D eigenvalue weighted by Crippen LogP contribution is -2.61. The lowest BCUT2D eigenvalue weighted by atomic mass is 9.73. The molecule has 0 unspecified atom stereocenters. The molecule has 0 bridgehead atoms. The number of aliphatic hydroxyl groups is 1. The molecule has 0 aliphatic carbocycles. The van der Waals surface area contributed by atoms with Gasteiger partial charge in [-0.2, -0.15) is 0 Å². The standard InChI is InChI=1S/C30H42N6O3/c1-29(2,31)27(38)33-25(18-22-20-32-24-13-9-8-12-23(22)24)26(37)36-16-14-30(15-17-36,28(39)34-35(3)4)19-21-10-6-5-7-11-21/h5-13,20,25-26,32,37H,14-19,31H2,1-4H3,(H,33,38)(H,34,39)/t25-,26-/m1/s1. The second-order valence-electron chi connectivity index (χ2n) is 11.6. The second-order valence-corrected chi connectivity index (χ2v) is 11.6. The lowest BCUT2D eigenvalue weighted by Gasteiger charge is -2.44. The molecule has 3 aromatic rings. The first-order valence-corrected chi connectivity index (χ1v) is 13.6. The molecule has 1 fully saturated rings. The first kappa shape index (κ1) is 28.8. The summed E-state index contributed by atoms with van der Waals surface area (Å²) in [6.07, 6.45) is 3.19. The van der Waals surface area contributed by atoms with Gasteiger partial charge in [-0.1, -0.05) is 48.5 Å². The second kappa shape index (κ2) is 11.9. The molecule has 4 rings (SSSR count). The van der Waals surface area contributed by atoms with Crippen molar-refractivity contribution in [3.05, 3.63) is 71.9 Å². The summed E-state index contributed by atoms with van der Waals surface area (Å²) in [6, 6.07) is 17.4. The van der Waals surface area contributed by atoms with Crippen LogP contribution < -0.4 is 16.5 Å². The van der Waals surface area contributed by atoms with Crippen molar-refractivity contribution in [2.45, 2.75) is 57.3 Å². The van der Waals surface area contributed by atoms with Gasteiger partial charge in [0.2, 0.25) is 11.8 Å². The number of H-pyrrole nitrogens is 1. The van der Waals surface area contributed by atoms with Gasteiger partial charge in [0.1, 0.15) is 6.23 Å². The van der Waals surface area contributed by atoms with E-state index < -0.39 is 23.2 Å². The van der Waals surface area contributed by atoms with Crippen molar-refractivity contribution in [2.75, 3.05) is 27.2 Å². The zero-order chi connectivity index (χ0) is 28.2. The van der Waals surface area contributed by atoms with Gasteiger partial charge in [-0.05, 0) is 56.7 Å². The zero-order valence-corrected chi connectivity index (χ0v) is 23.4. The number of carbonyl (C=O) groups is 2. The summed E-state index contributed by atoms with van der Waals surface area (Å²) < 4.78 is 0. The van der Waals surface area contributed by atoms with Crippen LogP contribution in [0.15, 0.2) is 60.8 Å². The summed E-state index contributed by atoms with van der Waals surface area (Å²) in [6.45, 7) is 4.33. The van der Waals surface area contributed by atoms with Crippen LogP contribution >= 0.6 is 0 Å². The van der Waals surface area contributed by atoms with E-state index in [4.69, 9.17) is 5.73 Å². The Balaban J connectivity index is 1.54. The largest absolute Gasteiger partial charge is 0.376 e. The van der Waals surface area contributed by atoms with Crippen molar-refractivity contribution >= 4 is 22.7 Å². The van der Waals surface area contributed by atoms with Crippen molar-refractivity contribution in [1.29, 1.82) is 0 Å². The molecule has 2 atom stereocenters. The summed E-state index contributed by atoms with van der Waals surface area (Å²) in [5.74, 6) is -0.341. The van der Waals surface area contributed by atoms with Gasteiger partial charge in [-0.25, -0.2) is 5.01 Å². The fraction of sp³-hybridized carbons (Fsp3) is 0.467. The maximum absolute atomic E-state index is 13.4. The predicted octanol–water partition coefficient (Wildman–Crippen LogP) is 2.17. The van der Waals surface area contributed by atoms with Gasteiger partial charge in [0.05, 0.1) is 17.0 Å². The topological polar surface area (TPSA) is 127 Å². The van der Waals surface area contributed by atoms with Crippen LogP contribution in [0.5, 0.6) is 0 Å². The van der Waals surface area contributed by atoms with Gasteiger partial charge >= 0.3 is 0 Å². The summed E-state index contributed by atoms with van der Waals surface area (Å²) in [7, 11) is 3.62. The third-order valence-corrected chi connectivity index (χ3v) is 7.70. The zero-order valence-electron chi connectivity index (χ0n) is 23.4. The van der Waals surface area contributed by atoms with Gasteiger partial charge in [0.15, 0.2) is 0 Å². The molecule has 2 amide bonds. The number of hydrazine groups is 1. The average molecular weight is 535 g/mol. The molecule has 6 N–H and O–H groups in total. The van der Waals surface area contributed by atoms with Gasteiger partial charge in [-0.15, -0.1) is 0 Å². The smallest absolute Gasteiger partial charge is 0.240 e. The number of para-hydroxylation sites is 1. The maximum Gasteiger partial charge on any atom is 0.240 e. The number of aromatic amines is 1. The highest BCUT2D eigenvalue weighted by Crippen LogP contribution is 2.36. The molecule has 1 aromatic heterocycles. The number of nitrogens with zero attached hydrogens (tertiary/aromatic N) is 2. The molecule has 1 saturated heterocycles. The molecular formula is C30H42N6O3. The minimum Gasteiger partial charge on any atom is -0.376 e. The Labute approximate surface area is 230 Å². The number of hydrogen-bond donors (Lipinski definition) is 5. The summed E-state index contributed by atoms with van der Waals surface area (Å²) in [5, 5.41) is 17.4. The molecule has 9 heteroatoms. The number of piperidine rings is 1. The Morgan fingerprint density at radius 2 is 1.74 bits per heavy atom. The highest BCUT2D eigenvalue weighted by molar-refractivity contribution is 5.86. The Morgan fingerprint density at radius 3 is 2.38 bits per heavy atom. The van der Waals surface area contributed by atoms with E-state index >= 15 is 0 Å². The molecule has 2 aromatic carbocycles. The first-order valence-electron chi connectivity index (χ1n) is 13.6. The van der Waals surface area contributed by atoms with Crippen LogP contribution in [0, 0.1) is 5.41 Å². The van der Waals surface area contributed by atoms with Crippen LogP contribution in [-0.2, 0) is 22.4 Å². The summed E-state index contributed by atoms with van der Waals surface area (Å²) in [5.41, 5.74) is 10.5. The normalized spacial score (nSPS) is 17.6. The van der Waals surface area contributed by atoms with E-state index in [0.29, 0.717) is 38.8 Å². The molecule has 210 valence electrons. The van der Waals surface area contributed by atoms with Crippen LogP contribution in [0.3, 0.4) is 0 Å². The Bertz CT molecular complexity index is 1260. The van der Waals surface area contributed by atoms with Crippen molar-refractivity contribution < 1.29 is 14.7 Å². The van der Waals surface area contributed by atoms with E-state index in [0.717, 1.165) is 22.0 Å². The monoisotopic (exact) mass is 534 g/mol. The highest BCUT2D eigenvalue weighted by Gasteiger charge is 2.44. The number of hydrogen-bond acceptors (Lipinski definition) is 6. The molecule has 0 radical (unpaired) electrons. The van der Waals surface area contributed by atoms with Crippen molar-refractivity contribution in [3.8, 4) is 0 Å². The number of nitrogens with one attached hydrogen (secondary N) is 3. The quantitative estimate of drug-likeness (QED) is 0.254. The van der Waals surface area contributed by atoms with Gasteiger partial charge in [0, 0.05) is 44.3 Å². The number of fused-ring (bicyclic) bond motifs is 1. The molecule has 2 heterocycles. The number of nitrogens with two attached hydrogens (primary N) is 1. The van der Waals surface area contributed by atoms with E-state index in [9.17, 15) is 14.7 Å². The number of benzene rings is 2. The average Bonchev–Trinajstić information content (AvgIpc) is 3.30. The number of amides is 2. The molecule has 1 aliphatic rings. The minimum atomic E-state index is -1.09. The minimum absolute atomic E-state index is 0.0148. The van der Waals surface area contributed by atoms with Crippen molar-refractivity contribution in [3.63, 3.8) is 0 Å². The van der Waals surface area contributed by atoms with Gasteiger partial charge in [0.25, 0.3) is 0 Å². The van der Waals surface area contributed by atoms with E-state index in [-0.39, 0.29) is 11.8 Å². The molecule has 9 nitrogen and oxygen atoms in total. The molecule has 1 aliphatic heterocycles. The van der Waals surface area contributed by atoms with Crippen molar-refractivity contribution in [2.24, 2.45) is 11.1 Å². The number of likely N-dealkylation sites (tertiary alicyclic amines) is 1. The maximum atomic E-state index is 13.4. The van der Waals surface area contributed by atoms with Crippen LogP contribution in [0.1, 0.15) is 37.8 Å². The first-order chi connectivity index (χ1) is 18.5. The predicted molar refractivity (Wildman–Crippen MR) is 153 cm³/mol. The number of carbonyl (C=O) groups excluding carboxylic acids is 2. The Kier molecular flexibility index (Phi) is 8.76. The van der Waals surface area contributed by atoms with Gasteiger partial charge < -0.3 is 21.1 Å². The van der Waals surface area contributed by atoms with E-state index in [1.54, 1.807) is 18.9 Å². The van der Waals surface area contributed by atoms with Crippen LogP contribution in [-0.4, -0.2) is 76.8 Å². The van der Waals surface area contributed by atoms with Crippen LogP contribution in [0.4, 0.5) is 0 Å². The fourth-order valence-corrected chi connectivity index (χ4v) is 5.39. The molecule has 0 saturated carbocycles. The fourth-order valence-electron chi connectivity index (χ4n) is 5.39. The van der Waals surface area contributed by atoms with Crippen molar-refractivity contribution in [1.82, 2.24) is 25.6 Å². The lowest BCUT2D eigenvalue weighted by molar-refractivity contribution is -0.141. The summed E-state index contributed by atoms with van der Waals surface area (Å²) >= 11 is 0. The highest BCUT2D eigenvalue weighted by atomic mass is 16.3. The summed E-state index contributed by atoms with van der Waals surface area (Å²) in [4.78, 5) is 31.6. The van der Waals surface area contributed by atoms with E-state index in [1.165, 1.54) is 0 Å². The molecule has 0 spiro atoms. The van der Waals surface area contributed by atoms with Gasteiger partial charge in [-0.3, -0.25) is 19.9 Å². The van der Waals surface area contributed by atoms with Crippen LogP contribution in [0.2, 0.25) is 0 Å².